The summed E-state index contributed by atoms with van der Waals surface area (Å²) in [5.74, 6) is 0. The number of hydrogen-bond acceptors (Lipinski definition) is 4. The molecule has 0 aliphatic rings. The Morgan fingerprint density at radius 1 is 1.50 bits per heavy atom. The summed E-state index contributed by atoms with van der Waals surface area (Å²) >= 11 is 0. The van der Waals surface area contributed by atoms with Crippen LogP contribution in [-0.4, -0.2) is 34.9 Å². The van der Waals surface area contributed by atoms with Gasteiger partial charge in [0.05, 0.1) is 12.4 Å². The molecule has 0 saturated heterocycles. The number of imidazole rings is 1. The van der Waals surface area contributed by atoms with Crippen LogP contribution in [0.5, 0.6) is 0 Å². The molecule has 0 aliphatic heterocycles. The molecule has 6 nitrogen and oxygen atoms in total. The van der Waals surface area contributed by atoms with Gasteiger partial charge in [0.15, 0.2) is 5.03 Å². The molecule has 1 aromatic rings. The zero-order valence-electron chi connectivity index (χ0n) is 11.2. The van der Waals surface area contributed by atoms with E-state index < -0.39 is 15.6 Å². The molecule has 0 unspecified atom stereocenters. The van der Waals surface area contributed by atoms with E-state index in [1.165, 1.54) is 19.6 Å². The number of aromatic nitrogens is 2. The fourth-order valence-electron chi connectivity index (χ4n) is 1.24. The molecule has 0 aliphatic carbocycles. The van der Waals surface area contributed by atoms with E-state index in [1.807, 2.05) is 19.9 Å². The molecule has 0 fully saturated rings. The van der Waals surface area contributed by atoms with Crippen LogP contribution in [0.2, 0.25) is 0 Å². The van der Waals surface area contributed by atoms with Crippen LogP contribution in [-0.2, 0) is 10.0 Å². The molecule has 1 aromatic heterocycles. The van der Waals surface area contributed by atoms with Crippen LogP contribution < -0.4 is 0 Å². The Kier molecular flexibility index (Phi) is 3.84. The van der Waals surface area contributed by atoms with Crippen molar-refractivity contribution in [3.05, 3.63) is 12.5 Å². The van der Waals surface area contributed by atoms with Gasteiger partial charge in [0.2, 0.25) is 0 Å². The van der Waals surface area contributed by atoms with Gasteiger partial charge in [0.25, 0.3) is 10.0 Å². The smallest absolute Gasteiger partial charge is 0.263 e. The van der Waals surface area contributed by atoms with E-state index in [9.17, 15) is 8.42 Å². The highest BCUT2D eigenvalue weighted by atomic mass is 32.2. The standard InChI is InChI=1S/C11H18N4O2S/c1-9(2)15-6-10(13-8-15)18(16,17)14(5)11(3,4)7-12/h6,8-9H,1-5H3. The lowest BCUT2D eigenvalue weighted by Crippen LogP contribution is -2.43. The Bertz CT molecular complexity index is 566. The first kappa shape index (κ1) is 14.7. The topological polar surface area (TPSA) is 79.0 Å². The maximum atomic E-state index is 12.3. The van der Waals surface area contributed by atoms with Gasteiger partial charge in [-0.15, -0.1) is 0 Å². The van der Waals surface area contributed by atoms with Gasteiger partial charge >= 0.3 is 0 Å². The van der Waals surface area contributed by atoms with Crippen molar-refractivity contribution in [3.8, 4) is 6.07 Å². The summed E-state index contributed by atoms with van der Waals surface area (Å²) in [4.78, 5) is 3.90. The Morgan fingerprint density at radius 3 is 2.44 bits per heavy atom. The van der Waals surface area contributed by atoms with E-state index in [2.05, 4.69) is 4.98 Å². The summed E-state index contributed by atoms with van der Waals surface area (Å²) in [6.07, 6.45) is 2.95. The van der Waals surface area contributed by atoms with Gasteiger partial charge in [0.1, 0.15) is 5.54 Å². The second kappa shape index (κ2) is 4.71. The molecule has 0 saturated carbocycles. The van der Waals surface area contributed by atoms with Crippen LogP contribution in [0.25, 0.3) is 0 Å². The molecule has 7 heteroatoms. The molecule has 1 rings (SSSR count). The Morgan fingerprint density at radius 2 is 2.06 bits per heavy atom. The molecule has 0 radical (unpaired) electrons. The number of rotatable bonds is 4. The van der Waals surface area contributed by atoms with Crippen molar-refractivity contribution in [1.29, 1.82) is 5.26 Å². The van der Waals surface area contributed by atoms with Crippen molar-refractivity contribution in [2.24, 2.45) is 0 Å². The van der Waals surface area contributed by atoms with Gasteiger partial charge in [-0.05, 0) is 27.7 Å². The third-order valence-electron chi connectivity index (χ3n) is 2.86. The van der Waals surface area contributed by atoms with E-state index in [0.29, 0.717) is 0 Å². The van der Waals surface area contributed by atoms with E-state index in [4.69, 9.17) is 5.26 Å². The minimum atomic E-state index is -3.74. The highest BCUT2D eigenvalue weighted by Gasteiger charge is 2.35. The fraction of sp³-hybridized carbons (Fsp3) is 0.636. The van der Waals surface area contributed by atoms with E-state index in [1.54, 1.807) is 18.4 Å². The molecule has 0 aromatic carbocycles. The largest absolute Gasteiger partial charge is 0.334 e. The van der Waals surface area contributed by atoms with Crippen LogP contribution in [0.3, 0.4) is 0 Å². The van der Waals surface area contributed by atoms with Gasteiger partial charge in [0, 0.05) is 19.3 Å². The molecule has 0 amide bonds. The van der Waals surface area contributed by atoms with E-state index >= 15 is 0 Å². The van der Waals surface area contributed by atoms with Gasteiger partial charge in [-0.3, -0.25) is 0 Å². The first-order valence-corrected chi connectivity index (χ1v) is 7.00. The number of sulfonamides is 1. The Hall–Kier alpha value is -1.39. The normalized spacial score (nSPS) is 13.0. The van der Waals surface area contributed by atoms with E-state index in [0.717, 1.165) is 4.31 Å². The Balaban J connectivity index is 3.18. The molecule has 1 heterocycles. The Labute approximate surface area is 108 Å². The maximum Gasteiger partial charge on any atom is 0.263 e. The minimum Gasteiger partial charge on any atom is -0.334 e. The molecular weight excluding hydrogens is 252 g/mol. The maximum absolute atomic E-state index is 12.3. The van der Waals surface area contributed by atoms with Crippen molar-refractivity contribution < 1.29 is 8.42 Å². The summed E-state index contributed by atoms with van der Waals surface area (Å²) in [5, 5.41) is 8.95. The number of hydrogen-bond donors (Lipinski definition) is 0. The van der Waals surface area contributed by atoms with Crippen molar-refractivity contribution in [2.75, 3.05) is 7.05 Å². The third kappa shape index (κ3) is 2.54. The lowest BCUT2D eigenvalue weighted by Gasteiger charge is -2.27. The summed E-state index contributed by atoms with van der Waals surface area (Å²) in [6, 6.07) is 2.09. The molecule has 0 atom stereocenters. The minimum absolute atomic E-state index is 0.0398. The molecule has 0 spiro atoms. The predicted molar refractivity (Wildman–Crippen MR) is 67.3 cm³/mol. The average Bonchev–Trinajstić information content (AvgIpc) is 2.77. The predicted octanol–water partition coefficient (Wildman–Crippen LogP) is 1.39. The first-order valence-electron chi connectivity index (χ1n) is 5.56. The average molecular weight is 270 g/mol. The fourth-order valence-corrected chi connectivity index (χ4v) is 2.60. The third-order valence-corrected chi connectivity index (χ3v) is 4.78. The van der Waals surface area contributed by atoms with Crippen molar-refractivity contribution in [2.45, 2.75) is 44.3 Å². The highest BCUT2D eigenvalue weighted by Crippen LogP contribution is 2.21. The van der Waals surface area contributed by atoms with Crippen LogP contribution in [0.1, 0.15) is 33.7 Å². The zero-order valence-corrected chi connectivity index (χ0v) is 12.1. The number of nitrogens with zero attached hydrogens (tertiary/aromatic N) is 4. The first-order chi connectivity index (χ1) is 8.13. The SMILES string of the molecule is CC(C)n1cnc(S(=O)(=O)N(C)C(C)(C)C#N)c1. The van der Waals surface area contributed by atoms with Crippen molar-refractivity contribution in [3.63, 3.8) is 0 Å². The van der Waals surface area contributed by atoms with Crippen LogP contribution >= 0.6 is 0 Å². The summed E-state index contributed by atoms with van der Waals surface area (Å²) < 4.78 is 27.3. The van der Waals surface area contributed by atoms with Crippen LogP contribution in [0, 0.1) is 11.3 Å². The second-order valence-corrected chi connectivity index (χ2v) is 6.81. The van der Waals surface area contributed by atoms with Gasteiger partial charge in [-0.2, -0.15) is 9.57 Å². The summed E-state index contributed by atoms with van der Waals surface area (Å²) in [5.41, 5.74) is -1.11. The van der Waals surface area contributed by atoms with Gasteiger partial charge < -0.3 is 4.57 Å². The molecule has 0 N–H and O–H groups in total. The molecular formula is C11H18N4O2S. The zero-order chi connectivity index (χ0) is 14.1. The van der Waals surface area contributed by atoms with Gasteiger partial charge in [-0.1, -0.05) is 0 Å². The number of nitriles is 1. The highest BCUT2D eigenvalue weighted by molar-refractivity contribution is 7.89. The molecule has 100 valence electrons. The lowest BCUT2D eigenvalue weighted by atomic mass is 10.1. The second-order valence-electron chi connectivity index (χ2n) is 4.90. The van der Waals surface area contributed by atoms with Crippen LogP contribution in [0.4, 0.5) is 0 Å². The quantitative estimate of drug-likeness (QED) is 0.828. The summed E-state index contributed by atoms with van der Waals surface area (Å²) in [6.45, 7) is 6.95. The lowest BCUT2D eigenvalue weighted by molar-refractivity contribution is 0.336. The molecule has 18 heavy (non-hydrogen) atoms. The van der Waals surface area contributed by atoms with E-state index in [-0.39, 0.29) is 11.1 Å². The van der Waals surface area contributed by atoms with Crippen molar-refractivity contribution >= 4 is 10.0 Å². The van der Waals surface area contributed by atoms with Gasteiger partial charge in [-0.25, -0.2) is 13.4 Å². The van der Waals surface area contributed by atoms with Crippen molar-refractivity contribution in [1.82, 2.24) is 13.9 Å². The van der Waals surface area contributed by atoms with Crippen LogP contribution in [0.15, 0.2) is 17.6 Å². The summed E-state index contributed by atoms with van der Waals surface area (Å²) in [7, 11) is -2.36. The molecule has 0 bridgehead atoms. The monoisotopic (exact) mass is 270 g/mol.